The molecule has 5 N–H and O–H groups in total. The van der Waals surface area contributed by atoms with Crippen LogP contribution in [-0.2, 0) is 27.3 Å². The molecule has 0 atom stereocenters. The highest BCUT2D eigenvalue weighted by molar-refractivity contribution is 6.29. The molecule has 3 aliphatic rings. The number of hydrogen-bond donors (Lipinski definition) is 5. The number of carboxylic acid groups (broad SMARTS) is 1. The molecule has 22 heteroatoms. The summed E-state index contributed by atoms with van der Waals surface area (Å²) in [6, 6.07) is 30.4. The van der Waals surface area contributed by atoms with Gasteiger partial charge in [-0.05, 0) is 146 Å². The molecular weight excluding hydrogens is 1170 g/mol. The fourth-order valence-corrected chi connectivity index (χ4v) is 11.3. The van der Waals surface area contributed by atoms with Gasteiger partial charge in [-0.2, -0.15) is 4.98 Å². The molecule has 10 rings (SSSR count). The van der Waals surface area contributed by atoms with Crippen LogP contribution < -0.4 is 25.8 Å². The van der Waals surface area contributed by atoms with Gasteiger partial charge >= 0.3 is 5.97 Å². The Labute approximate surface area is 542 Å². The molecule has 2 amide bonds. The van der Waals surface area contributed by atoms with E-state index in [4.69, 9.17) is 16.7 Å². The molecule has 6 heterocycles. The number of carboxylic acids is 1. The zero-order chi connectivity index (χ0) is 65.0. The van der Waals surface area contributed by atoms with Crippen LogP contribution in [0.5, 0.6) is 5.75 Å². The van der Waals surface area contributed by atoms with Crippen LogP contribution in [0.15, 0.2) is 116 Å². The first-order valence-corrected chi connectivity index (χ1v) is 32.3. The molecule has 1 saturated carbocycles. The number of aryl methyl sites for hydroxylation is 5. The number of halogens is 1. The van der Waals surface area contributed by atoms with Crippen LogP contribution in [0, 0.1) is 40.0 Å². The number of anilines is 6. The number of likely N-dealkylation sites (tertiary alicyclic amines) is 1. The third kappa shape index (κ3) is 23.7. The number of carbonyl (C=O) groups excluding carboxylic acids is 2. The molecule has 3 fully saturated rings. The zero-order valence-corrected chi connectivity index (χ0v) is 55.0. The van der Waals surface area contributed by atoms with Gasteiger partial charge in [-0.3, -0.25) is 24.2 Å². The maximum Gasteiger partial charge on any atom is 0.322 e. The summed E-state index contributed by atoms with van der Waals surface area (Å²) in [7, 11) is 4.16. The van der Waals surface area contributed by atoms with Crippen LogP contribution in [0.1, 0.15) is 116 Å². The first kappa shape index (κ1) is 70.1. The van der Waals surface area contributed by atoms with Crippen molar-refractivity contribution in [3.63, 3.8) is 0 Å². The third-order valence-electron chi connectivity index (χ3n) is 16.5. The number of hydrogen-bond acceptors (Lipinski definition) is 19. The lowest BCUT2D eigenvalue weighted by Crippen LogP contribution is -2.48. The van der Waals surface area contributed by atoms with Crippen LogP contribution in [-0.4, -0.2) is 162 Å². The number of nitrogens with zero attached hydrogens (tertiary/aromatic N) is 13. The zero-order valence-electron chi connectivity index (χ0n) is 54.3. The third-order valence-corrected chi connectivity index (χ3v) is 16.7. The van der Waals surface area contributed by atoms with Crippen LogP contribution >= 0.6 is 11.6 Å². The van der Waals surface area contributed by atoms with Gasteiger partial charge in [0.05, 0.1) is 11.4 Å². The molecule has 4 aromatic heterocycles. The summed E-state index contributed by atoms with van der Waals surface area (Å²) in [5.41, 5.74) is 8.41. The van der Waals surface area contributed by atoms with Gasteiger partial charge in [-0.1, -0.05) is 110 Å². The molecule has 3 aromatic carbocycles. The van der Waals surface area contributed by atoms with Crippen molar-refractivity contribution >= 4 is 64.7 Å². The number of aromatic nitrogens is 8. The van der Waals surface area contributed by atoms with E-state index in [9.17, 15) is 19.5 Å². The summed E-state index contributed by atoms with van der Waals surface area (Å²) >= 11 is 5.92. The van der Waals surface area contributed by atoms with Gasteiger partial charge in [0.2, 0.25) is 35.6 Å². The highest BCUT2D eigenvalue weighted by atomic mass is 35.5. The van der Waals surface area contributed by atoms with E-state index in [1.54, 1.807) is 44.7 Å². The summed E-state index contributed by atoms with van der Waals surface area (Å²) in [6.45, 7) is 18.5. The minimum absolute atomic E-state index is 0.00676. The second-order valence-corrected chi connectivity index (χ2v) is 24.4. The molecule has 0 unspecified atom stereocenters. The van der Waals surface area contributed by atoms with E-state index in [1.165, 1.54) is 53.7 Å². The molecule has 1 aliphatic carbocycles. The number of aliphatic carboxylic acids is 1. The minimum atomic E-state index is -0.998. The molecule has 0 radical (unpaired) electrons. The van der Waals surface area contributed by atoms with Gasteiger partial charge in [0.25, 0.3) is 0 Å². The largest absolute Gasteiger partial charge is 0.504 e. The summed E-state index contributed by atoms with van der Waals surface area (Å²) in [6.07, 6.45) is 20.6. The number of amides is 2. The van der Waals surface area contributed by atoms with E-state index >= 15 is 0 Å². The van der Waals surface area contributed by atoms with E-state index < -0.39 is 5.97 Å². The van der Waals surface area contributed by atoms with Crippen molar-refractivity contribution < 1.29 is 24.6 Å². The summed E-state index contributed by atoms with van der Waals surface area (Å²) < 4.78 is 0. The number of piperazine rings is 1. The Bertz CT molecular complexity index is 3290. The van der Waals surface area contributed by atoms with Crippen molar-refractivity contribution in [3.8, 4) is 5.75 Å². The molecule has 7 aromatic rings. The van der Waals surface area contributed by atoms with E-state index in [0.29, 0.717) is 42.5 Å². The average Bonchev–Trinajstić information content (AvgIpc) is 1.81. The topological polar surface area (TPSA) is 247 Å². The fourth-order valence-electron chi connectivity index (χ4n) is 11.1. The monoisotopic (exact) mass is 1260 g/mol. The number of carbonyl (C=O) groups is 3. The first-order chi connectivity index (χ1) is 43.9. The Kier molecular flexibility index (Phi) is 28.1. The number of piperidine rings is 1. The molecule has 1 spiro atoms. The lowest BCUT2D eigenvalue weighted by Gasteiger charge is -2.37. The number of benzene rings is 3. The number of likely N-dealkylation sites (N-methyl/N-ethyl adjacent to an activating group) is 1. The predicted octanol–water partition coefficient (Wildman–Crippen LogP) is 11.4. The van der Waals surface area contributed by atoms with Crippen LogP contribution in [0.4, 0.5) is 35.3 Å². The van der Waals surface area contributed by atoms with Crippen molar-refractivity contribution in [3.05, 3.63) is 160 Å². The van der Waals surface area contributed by atoms with Gasteiger partial charge in [0.1, 0.15) is 17.5 Å². The molecule has 2 saturated heterocycles. The summed E-state index contributed by atoms with van der Waals surface area (Å²) in [4.78, 5) is 80.1. The van der Waals surface area contributed by atoms with E-state index in [0.717, 1.165) is 126 Å². The van der Waals surface area contributed by atoms with Gasteiger partial charge < -0.3 is 40.9 Å². The molecular formula is C69H93ClN16O5. The van der Waals surface area contributed by atoms with E-state index in [-0.39, 0.29) is 40.6 Å². The molecule has 2 aliphatic heterocycles. The maximum absolute atomic E-state index is 12.5. The Balaban J connectivity index is 0.000000174. The molecule has 91 heavy (non-hydrogen) atoms. The predicted molar refractivity (Wildman–Crippen MR) is 362 cm³/mol. The highest BCUT2D eigenvalue weighted by Gasteiger charge is 2.44. The lowest BCUT2D eigenvalue weighted by atomic mass is 9.76. The quantitative estimate of drug-likeness (QED) is 0.0203. The number of aromatic hydroxyl groups is 1. The van der Waals surface area contributed by atoms with Crippen LogP contribution in [0.25, 0.3) is 0 Å². The smallest absolute Gasteiger partial charge is 0.322 e. The maximum atomic E-state index is 12.5. The molecule has 0 bridgehead atoms. The minimum Gasteiger partial charge on any atom is -0.504 e. The number of unbranched alkanes of at least 4 members (excludes halogenated alkanes) is 4. The van der Waals surface area contributed by atoms with Crippen molar-refractivity contribution in [1.29, 1.82) is 0 Å². The highest BCUT2D eigenvalue weighted by Crippen LogP contribution is 2.47. The Morgan fingerprint density at radius 2 is 1.29 bits per heavy atom. The van der Waals surface area contributed by atoms with Crippen LogP contribution in [0.2, 0.25) is 5.15 Å². The summed E-state index contributed by atoms with van der Waals surface area (Å²) in [5, 5.41) is 27.5. The van der Waals surface area contributed by atoms with Gasteiger partial charge in [0, 0.05) is 108 Å². The second kappa shape index (κ2) is 36.4. The summed E-state index contributed by atoms with van der Waals surface area (Å²) in [5.74, 6) is 2.18. The normalized spacial score (nSPS) is 14.4. The van der Waals surface area contributed by atoms with Crippen molar-refractivity contribution in [2.45, 2.75) is 125 Å². The number of rotatable bonds is 25. The molecule has 486 valence electrons. The first-order valence-electron chi connectivity index (χ1n) is 31.9. The SMILES string of the molecule is Cc1ccc(CN(CCN(C)C)c2ncccn2)cc1.Cc1cccc(Nc2cc(Cl)nc(NCC(=O)O)n2)c1C.Cc1nc(NCCCCCCc2ccccc2)nc(C)c1O.O=C1CC2(CCCC2)CC(=O)N1CCCCN1CCN(c2ncccn2)CC1. The van der Waals surface area contributed by atoms with E-state index in [2.05, 4.69) is 151 Å². The van der Waals surface area contributed by atoms with Crippen molar-refractivity contribution in [2.24, 2.45) is 5.41 Å². The second-order valence-electron chi connectivity index (χ2n) is 24.0. The van der Waals surface area contributed by atoms with Gasteiger partial charge in [-0.15, -0.1) is 0 Å². The fraction of sp³-hybridized carbons (Fsp3) is 0.464. The van der Waals surface area contributed by atoms with E-state index in [1.807, 2.05) is 44.2 Å². The van der Waals surface area contributed by atoms with Crippen molar-refractivity contribution in [2.75, 3.05) is 105 Å². The van der Waals surface area contributed by atoms with Gasteiger partial charge in [0.15, 0.2) is 5.75 Å². The average molecular weight is 1260 g/mol. The molecule has 21 nitrogen and oxygen atoms in total. The Hall–Kier alpha value is -8.40. The van der Waals surface area contributed by atoms with Gasteiger partial charge in [-0.25, -0.2) is 34.9 Å². The lowest BCUT2D eigenvalue weighted by molar-refractivity contribution is -0.153. The van der Waals surface area contributed by atoms with Crippen molar-refractivity contribution in [1.82, 2.24) is 54.6 Å². The van der Waals surface area contributed by atoms with Crippen LogP contribution in [0.3, 0.4) is 0 Å². The number of imide groups is 1. The Morgan fingerprint density at radius 3 is 1.93 bits per heavy atom. The Morgan fingerprint density at radius 1 is 0.659 bits per heavy atom. The number of nitrogens with one attached hydrogen (secondary N) is 3. The standard InChI is InChI=1S/C21H31N5O2.C18H25N3O.C16H22N4.C14H15ClN4O2/c27-18-16-21(6-1-2-7-21)17-19(28)26(18)11-4-3-10-24-12-14-25(15-13-24)20-22-8-5-9-23-20;1-14-17(22)15(2)21-18(20-14)19-13-9-4-3-6-10-16-11-7-5-8-12-16;1-14-5-7-15(8-6-14)13-20(12-11-19(2)3)16-17-9-4-10-18-16;1-8-4-3-5-10(9(8)2)17-12-6-11(15)18-14(19-12)16-7-13(20)21/h5,8-9H,1-4,6-7,10-17H2;5,7-8,11-12,22H,3-4,6,9-10,13H2,1-2H3,(H,19,20,21);4-10H,11-13H2,1-3H3;3-6H,7H2,1-2H3,(H,20,21)(H2,16,17,18,19).